The number of hydrogen-bond acceptors (Lipinski definition) is 2. The lowest BCUT2D eigenvalue weighted by Gasteiger charge is -1.90. The Bertz CT molecular complexity index is 250. The summed E-state index contributed by atoms with van der Waals surface area (Å²) in [5.74, 6) is 0.429. The summed E-state index contributed by atoms with van der Waals surface area (Å²) in [5, 5.41) is 0. The average molecular weight is 136 g/mol. The summed E-state index contributed by atoms with van der Waals surface area (Å²) in [7, 11) is 0. The van der Waals surface area contributed by atoms with Gasteiger partial charge >= 0.3 is 0 Å². The van der Waals surface area contributed by atoms with E-state index in [9.17, 15) is 4.79 Å². The third kappa shape index (κ3) is 1.13. The third-order valence-electron chi connectivity index (χ3n) is 1.11. The third-order valence-corrected chi connectivity index (χ3v) is 1.11. The van der Waals surface area contributed by atoms with Gasteiger partial charge in [-0.1, -0.05) is 6.08 Å². The molecule has 0 saturated heterocycles. The zero-order chi connectivity index (χ0) is 7.40. The maximum atomic E-state index is 10.2. The first-order chi connectivity index (χ1) is 4.88. The van der Waals surface area contributed by atoms with Crippen LogP contribution < -0.4 is 0 Å². The normalized spacial score (nSPS) is 10.5. The van der Waals surface area contributed by atoms with Gasteiger partial charge < -0.3 is 4.57 Å². The zero-order valence-corrected chi connectivity index (χ0v) is 5.69. The van der Waals surface area contributed by atoms with E-state index >= 15 is 0 Å². The standard InChI is InChI=1S/C7H8N2O/c1-2-4-9-5-3-8-7(9)6-10/h2-6H,1H3. The van der Waals surface area contributed by atoms with Gasteiger partial charge in [-0.3, -0.25) is 4.79 Å². The van der Waals surface area contributed by atoms with Crippen molar-refractivity contribution in [1.82, 2.24) is 9.55 Å². The molecular weight excluding hydrogens is 128 g/mol. The molecule has 52 valence electrons. The molecular formula is C7H8N2O. The van der Waals surface area contributed by atoms with E-state index in [2.05, 4.69) is 4.98 Å². The van der Waals surface area contributed by atoms with Gasteiger partial charge in [-0.05, 0) is 6.92 Å². The molecule has 3 heteroatoms. The highest BCUT2D eigenvalue weighted by Crippen LogP contribution is 1.93. The smallest absolute Gasteiger partial charge is 0.185 e. The zero-order valence-electron chi connectivity index (χ0n) is 5.69. The molecule has 10 heavy (non-hydrogen) atoms. The Hall–Kier alpha value is -1.38. The minimum absolute atomic E-state index is 0.429. The van der Waals surface area contributed by atoms with Crippen LogP contribution in [0.25, 0.3) is 6.20 Å². The minimum atomic E-state index is 0.429. The summed E-state index contributed by atoms with van der Waals surface area (Å²) in [6.45, 7) is 1.88. The Kier molecular flexibility index (Phi) is 1.99. The lowest BCUT2D eigenvalue weighted by Crippen LogP contribution is -1.91. The van der Waals surface area contributed by atoms with Crippen molar-refractivity contribution >= 4 is 12.5 Å². The Balaban J connectivity index is 3.00. The predicted molar refractivity (Wildman–Crippen MR) is 38.6 cm³/mol. The van der Waals surface area contributed by atoms with E-state index in [1.165, 1.54) is 0 Å². The number of rotatable bonds is 2. The van der Waals surface area contributed by atoms with Crippen LogP contribution in [0.4, 0.5) is 0 Å². The van der Waals surface area contributed by atoms with E-state index in [4.69, 9.17) is 0 Å². The van der Waals surface area contributed by atoms with Crippen molar-refractivity contribution < 1.29 is 4.79 Å². The van der Waals surface area contributed by atoms with Crippen molar-refractivity contribution in [3.05, 3.63) is 24.3 Å². The molecule has 0 fully saturated rings. The molecule has 0 aromatic carbocycles. The maximum Gasteiger partial charge on any atom is 0.185 e. The van der Waals surface area contributed by atoms with E-state index in [1.54, 1.807) is 23.2 Å². The molecule has 1 rings (SSSR count). The van der Waals surface area contributed by atoms with Crippen molar-refractivity contribution in [2.45, 2.75) is 6.92 Å². The lowest BCUT2D eigenvalue weighted by atomic mass is 10.6. The summed E-state index contributed by atoms with van der Waals surface area (Å²) in [5.41, 5.74) is 0. The molecule has 0 aliphatic rings. The molecule has 0 saturated carbocycles. The Morgan fingerprint density at radius 3 is 3.10 bits per heavy atom. The molecule has 1 heterocycles. The van der Waals surface area contributed by atoms with E-state index in [0.29, 0.717) is 5.82 Å². The Morgan fingerprint density at radius 2 is 2.50 bits per heavy atom. The lowest BCUT2D eigenvalue weighted by molar-refractivity contribution is 0.111. The SMILES string of the molecule is CC=Cn1ccnc1C=O. The number of nitrogens with zero attached hydrogens (tertiary/aromatic N) is 2. The quantitative estimate of drug-likeness (QED) is 0.572. The number of hydrogen-bond donors (Lipinski definition) is 0. The molecule has 0 spiro atoms. The Labute approximate surface area is 59.0 Å². The van der Waals surface area contributed by atoms with Crippen molar-refractivity contribution in [1.29, 1.82) is 0 Å². The molecule has 0 radical (unpaired) electrons. The summed E-state index contributed by atoms with van der Waals surface area (Å²) in [6.07, 6.45) is 7.65. The fraction of sp³-hybridized carbons (Fsp3) is 0.143. The Morgan fingerprint density at radius 1 is 1.70 bits per heavy atom. The van der Waals surface area contributed by atoms with Crippen LogP contribution in [0.1, 0.15) is 17.5 Å². The van der Waals surface area contributed by atoms with Gasteiger partial charge in [-0.25, -0.2) is 4.98 Å². The second kappa shape index (κ2) is 2.96. The summed E-state index contributed by atoms with van der Waals surface area (Å²) in [4.78, 5) is 14.0. The molecule has 0 bridgehead atoms. The predicted octanol–water partition coefficient (Wildman–Crippen LogP) is 1.19. The molecule has 0 atom stereocenters. The minimum Gasteiger partial charge on any atom is -0.305 e. The van der Waals surface area contributed by atoms with Crippen molar-refractivity contribution in [3.8, 4) is 0 Å². The van der Waals surface area contributed by atoms with Gasteiger partial charge in [0, 0.05) is 18.6 Å². The van der Waals surface area contributed by atoms with E-state index < -0.39 is 0 Å². The van der Waals surface area contributed by atoms with Crippen LogP contribution in [0.5, 0.6) is 0 Å². The van der Waals surface area contributed by atoms with E-state index in [1.807, 2.05) is 13.0 Å². The van der Waals surface area contributed by atoms with Crippen LogP contribution in [0, 0.1) is 0 Å². The highest BCUT2D eigenvalue weighted by Gasteiger charge is 1.93. The second-order valence-corrected chi connectivity index (χ2v) is 1.79. The second-order valence-electron chi connectivity index (χ2n) is 1.79. The number of carbonyl (C=O) groups is 1. The van der Waals surface area contributed by atoms with Crippen molar-refractivity contribution in [2.75, 3.05) is 0 Å². The van der Waals surface area contributed by atoms with Gasteiger partial charge in [0.1, 0.15) is 0 Å². The molecule has 0 amide bonds. The first-order valence-corrected chi connectivity index (χ1v) is 2.99. The number of aromatic nitrogens is 2. The molecule has 1 aromatic rings. The topological polar surface area (TPSA) is 34.9 Å². The first kappa shape index (κ1) is 6.74. The average Bonchev–Trinajstić information content (AvgIpc) is 2.36. The van der Waals surface area contributed by atoms with Crippen LogP contribution in [0.3, 0.4) is 0 Å². The fourth-order valence-corrected chi connectivity index (χ4v) is 0.703. The van der Waals surface area contributed by atoms with E-state index in [0.717, 1.165) is 6.29 Å². The number of allylic oxidation sites excluding steroid dienone is 1. The largest absolute Gasteiger partial charge is 0.305 e. The highest BCUT2D eigenvalue weighted by atomic mass is 16.1. The molecule has 3 nitrogen and oxygen atoms in total. The van der Waals surface area contributed by atoms with Crippen molar-refractivity contribution in [2.24, 2.45) is 0 Å². The molecule has 0 aliphatic carbocycles. The summed E-state index contributed by atoms with van der Waals surface area (Å²) < 4.78 is 1.66. The molecule has 0 unspecified atom stereocenters. The van der Waals surface area contributed by atoms with Crippen molar-refractivity contribution in [3.63, 3.8) is 0 Å². The van der Waals surface area contributed by atoms with Gasteiger partial charge in [-0.2, -0.15) is 0 Å². The fourth-order valence-electron chi connectivity index (χ4n) is 0.703. The number of aldehydes is 1. The summed E-state index contributed by atoms with van der Waals surface area (Å²) in [6, 6.07) is 0. The number of imidazole rings is 1. The van der Waals surface area contributed by atoms with Crippen LogP contribution in [0.15, 0.2) is 18.5 Å². The van der Waals surface area contributed by atoms with Gasteiger partial charge in [0.05, 0.1) is 0 Å². The monoisotopic (exact) mass is 136 g/mol. The number of carbonyl (C=O) groups excluding carboxylic acids is 1. The van der Waals surface area contributed by atoms with Crippen LogP contribution in [0.2, 0.25) is 0 Å². The van der Waals surface area contributed by atoms with Crippen LogP contribution in [-0.2, 0) is 0 Å². The van der Waals surface area contributed by atoms with Gasteiger partial charge in [0.25, 0.3) is 0 Å². The van der Waals surface area contributed by atoms with Gasteiger partial charge in [0.15, 0.2) is 12.1 Å². The first-order valence-electron chi connectivity index (χ1n) is 2.99. The van der Waals surface area contributed by atoms with E-state index in [-0.39, 0.29) is 0 Å². The van der Waals surface area contributed by atoms with Gasteiger partial charge in [-0.15, -0.1) is 0 Å². The maximum absolute atomic E-state index is 10.2. The molecule has 1 aromatic heterocycles. The van der Waals surface area contributed by atoms with Crippen LogP contribution >= 0.6 is 0 Å². The van der Waals surface area contributed by atoms with Gasteiger partial charge in [0.2, 0.25) is 0 Å². The molecule has 0 aliphatic heterocycles. The molecule has 0 N–H and O–H groups in total. The van der Waals surface area contributed by atoms with Crippen LogP contribution in [-0.4, -0.2) is 15.8 Å². The highest BCUT2D eigenvalue weighted by molar-refractivity contribution is 5.70. The summed E-state index contributed by atoms with van der Waals surface area (Å²) >= 11 is 0.